The fourth-order valence-electron chi connectivity index (χ4n) is 4.04. The molecule has 1 saturated carbocycles. The monoisotopic (exact) mass is 352 g/mol. The topological polar surface area (TPSA) is 26.3 Å². The van der Waals surface area contributed by atoms with Crippen LogP contribution in [0.1, 0.15) is 47.5 Å². The molecule has 2 unspecified atom stereocenters. The Labute approximate surface area is 145 Å². The Balaban J connectivity index is 2.52. The van der Waals surface area contributed by atoms with Crippen LogP contribution in [0.15, 0.2) is 10.8 Å². The van der Waals surface area contributed by atoms with Gasteiger partial charge in [-0.25, -0.2) is 0 Å². The SMILES string of the molecule is CC1(C)CC2CC(=O)C([Si](C)(C)C)=C2C1O[Si](C)(C)C(C)(C)C. The third kappa shape index (κ3) is 3.31. The van der Waals surface area contributed by atoms with Crippen molar-refractivity contribution in [1.29, 1.82) is 0 Å². The molecule has 0 amide bonds. The maximum Gasteiger partial charge on any atom is 0.192 e. The Morgan fingerprint density at radius 3 is 2.04 bits per heavy atom. The van der Waals surface area contributed by atoms with Gasteiger partial charge in [0.1, 0.15) is 0 Å². The van der Waals surface area contributed by atoms with E-state index in [1.54, 1.807) is 0 Å². The molecule has 0 saturated heterocycles. The average Bonchev–Trinajstić information content (AvgIpc) is 2.69. The fraction of sp³-hybridized carbons (Fsp3) is 0.842. The number of hydrogen-bond acceptors (Lipinski definition) is 2. The van der Waals surface area contributed by atoms with E-state index in [0.29, 0.717) is 11.7 Å². The molecule has 2 rings (SSSR count). The van der Waals surface area contributed by atoms with Gasteiger partial charge >= 0.3 is 0 Å². The normalized spacial score (nSPS) is 28.5. The number of allylic oxidation sites excluding steroid dienone is 1. The summed E-state index contributed by atoms with van der Waals surface area (Å²) in [5, 5.41) is 1.40. The number of carbonyl (C=O) groups excluding carboxylic acids is 1. The lowest BCUT2D eigenvalue weighted by molar-refractivity contribution is -0.115. The largest absolute Gasteiger partial charge is 0.410 e. The highest BCUT2D eigenvalue weighted by Crippen LogP contribution is 2.55. The summed E-state index contributed by atoms with van der Waals surface area (Å²) in [5.74, 6) is 0.859. The van der Waals surface area contributed by atoms with E-state index < -0.39 is 16.4 Å². The van der Waals surface area contributed by atoms with Gasteiger partial charge in [-0.3, -0.25) is 4.79 Å². The second kappa shape index (κ2) is 5.40. The molecule has 0 aliphatic heterocycles. The van der Waals surface area contributed by atoms with Crippen molar-refractivity contribution in [2.24, 2.45) is 11.3 Å². The van der Waals surface area contributed by atoms with Crippen LogP contribution >= 0.6 is 0 Å². The Morgan fingerprint density at radius 1 is 1.09 bits per heavy atom. The number of Topliss-reactive ketones (excluding diaryl/α,β-unsaturated/α-hetero) is 1. The summed E-state index contributed by atoms with van der Waals surface area (Å²) in [6, 6.07) is 0. The van der Waals surface area contributed by atoms with Gasteiger partial charge in [-0.05, 0) is 46.7 Å². The molecule has 0 N–H and O–H groups in total. The second-order valence-electron chi connectivity index (χ2n) is 10.9. The molecule has 23 heavy (non-hydrogen) atoms. The highest BCUT2D eigenvalue weighted by molar-refractivity contribution is 6.87. The van der Waals surface area contributed by atoms with E-state index in [2.05, 4.69) is 67.4 Å². The van der Waals surface area contributed by atoms with Crippen LogP contribution in [0, 0.1) is 11.3 Å². The van der Waals surface area contributed by atoms with Gasteiger partial charge in [0.25, 0.3) is 0 Å². The zero-order valence-electron chi connectivity index (χ0n) is 16.9. The van der Waals surface area contributed by atoms with Crippen LogP contribution in [0.4, 0.5) is 0 Å². The molecule has 0 bridgehead atoms. The maximum atomic E-state index is 12.7. The molecule has 2 aliphatic carbocycles. The number of carbonyl (C=O) groups is 1. The number of rotatable bonds is 3. The molecular formula is C19H36O2Si2. The Bertz CT molecular complexity index is 545. The maximum absolute atomic E-state index is 12.7. The predicted molar refractivity (Wildman–Crippen MR) is 104 cm³/mol. The number of fused-ring (bicyclic) bond motifs is 1. The van der Waals surface area contributed by atoms with E-state index >= 15 is 0 Å². The smallest absolute Gasteiger partial charge is 0.192 e. The molecule has 0 spiro atoms. The van der Waals surface area contributed by atoms with Crippen molar-refractivity contribution in [1.82, 2.24) is 0 Å². The van der Waals surface area contributed by atoms with Crippen LogP contribution in [-0.4, -0.2) is 28.3 Å². The van der Waals surface area contributed by atoms with Gasteiger partial charge in [0.05, 0.1) is 14.2 Å². The summed E-state index contributed by atoms with van der Waals surface area (Å²) in [6.07, 6.45) is 1.97. The van der Waals surface area contributed by atoms with Gasteiger partial charge in [-0.2, -0.15) is 0 Å². The Hall–Kier alpha value is -0.196. The summed E-state index contributed by atoms with van der Waals surface area (Å²) in [5.41, 5.74) is 1.55. The zero-order valence-corrected chi connectivity index (χ0v) is 18.9. The molecule has 0 radical (unpaired) electrons. The minimum Gasteiger partial charge on any atom is -0.410 e. The number of ketones is 1. The van der Waals surface area contributed by atoms with Gasteiger partial charge in [0, 0.05) is 6.42 Å². The first kappa shape index (κ1) is 19.1. The van der Waals surface area contributed by atoms with Crippen LogP contribution in [0.2, 0.25) is 37.8 Å². The third-order valence-corrected chi connectivity index (χ3v) is 12.7. The molecule has 0 heterocycles. The van der Waals surface area contributed by atoms with Gasteiger partial charge in [-0.15, -0.1) is 0 Å². The molecular weight excluding hydrogens is 316 g/mol. The van der Waals surface area contributed by atoms with Crippen LogP contribution in [-0.2, 0) is 9.22 Å². The molecule has 2 aliphatic rings. The number of hydrogen-bond donors (Lipinski definition) is 0. The minimum atomic E-state index is -1.86. The Morgan fingerprint density at radius 2 is 1.61 bits per heavy atom. The first-order valence-corrected chi connectivity index (χ1v) is 15.4. The van der Waals surface area contributed by atoms with Crippen molar-refractivity contribution in [3.8, 4) is 0 Å². The van der Waals surface area contributed by atoms with Crippen molar-refractivity contribution < 1.29 is 9.22 Å². The minimum absolute atomic E-state index is 0.140. The van der Waals surface area contributed by atoms with E-state index in [0.717, 1.165) is 12.8 Å². The summed E-state index contributed by atoms with van der Waals surface area (Å²) in [4.78, 5) is 12.7. The van der Waals surface area contributed by atoms with E-state index in [-0.39, 0.29) is 16.6 Å². The van der Waals surface area contributed by atoms with Crippen LogP contribution < -0.4 is 0 Å². The predicted octanol–water partition coefficient (Wildman–Crippen LogP) is 5.57. The average molecular weight is 353 g/mol. The molecule has 0 aromatic heterocycles. The summed E-state index contributed by atoms with van der Waals surface area (Å²) >= 11 is 0. The molecule has 132 valence electrons. The van der Waals surface area contributed by atoms with Crippen LogP contribution in [0.5, 0.6) is 0 Å². The lowest BCUT2D eigenvalue weighted by Gasteiger charge is -2.42. The van der Waals surface area contributed by atoms with E-state index in [1.807, 2.05) is 0 Å². The molecule has 2 nitrogen and oxygen atoms in total. The van der Waals surface area contributed by atoms with E-state index in [9.17, 15) is 4.79 Å². The molecule has 0 aromatic carbocycles. The first-order chi connectivity index (χ1) is 10.1. The molecule has 4 heteroatoms. The molecule has 2 atom stereocenters. The highest BCUT2D eigenvalue weighted by atomic mass is 28.4. The van der Waals surface area contributed by atoms with Gasteiger partial charge in [-0.1, -0.05) is 54.3 Å². The van der Waals surface area contributed by atoms with Gasteiger partial charge in [0.2, 0.25) is 0 Å². The van der Waals surface area contributed by atoms with Crippen molar-refractivity contribution in [3.63, 3.8) is 0 Å². The summed E-state index contributed by atoms with van der Waals surface area (Å²) < 4.78 is 6.92. The molecule has 1 fully saturated rings. The van der Waals surface area contributed by atoms with Gasteiger partial charge < -0.3 is 4.43 Å². The fourth-order valence-corrected chi connectivity index (χ4v) is 7.57. The quantitative estimate of drug-likeness (QED) is 0.621. The lowest BCUT2D eigenvalue weighted by atomic mass is 9.87. The zero-order chi connectivity index (χ0) is 18.0. The standard InChI is InChI=1S/C19H36O2Si2/c1-18(2,3)23(9,10)21-17-15-13(12-19(17,4)5)11-14(20)16(15)22(6,7)8/h13,17H,11-12H2,1-10H3. The highest BCUT2D eigenvalue weighted by Gasteiger charge is 2.55. The summed E-state index contributed by atoms with van der Waals surface area (Å²) in [7, 11) is -3.49. The van der Waals surface area contributed by atoms with Crippen LogP contribution in [0.25, 0.3) is 0 Å². The molecule has 0 aromatic rings. The third-order valence-electron chi connectivity index (χ3n) is 6.17. The van der Waals surface area contributed by atoms with Gasteiger partial charge in [0.15, 0.2) is 14.1 Å². The van der Waals surface area contributed by atoms with Crippen molar-refractivity contribution >= 4 is 22.2 Å². The van der Waals surface area contributed by atoms with E-state index in [1.165, 1.54) is 10.8 Å². The van der Waals surface area contributed by atoms with Crippen LogP contribution in [0.3, 0.4) is 0 Å². The Kier molecular flexibility index (Phi) is 4.49. The van der Waals surface area contributed by atoms with Crippen molar-refractivity contribution in [2.45, 2.75) is 91.3 Å². The van der Waals surface area contributed by atoms with Crippen molar-refractivity contribution in [3.05, 3.63) is 10.8 Å². The van der Waals surface area contributed by atoms with E-state index in [4.69, 9.17) is 4.43 Å². The second-order valence-corrected chi connectivity index (χ2v) is 20.6. The summed E-state index contributed by atoms with van der Waals surface area (Å²) in [6.45, 7) is 23.2. The lowest BCUT2D eigenvalue weighted by Crippen LogP contribution is -2.47. The first-order valence-electron chi connectivity index (χ1n) is 9.03. The van der Waals surface area contributed by atoms with Crippen molar-refractivity contribution in [2.75, 3.05) is 0 Å².